The van der Waals surface area contributed by atoms with Crippen LogP contribution in [0.5, 0.6) is 5.75 Å². The Morgan fingerprint density at radius 2 is 2.00 bits per heavy atom. The molecule has 0 radical (unpaired) electrons. The third kappa shape index (κ3) is 3.78. The molecule has 0 atom stereocenters. The van der Waals surface area contributed by atoms with Crippen LogP contribution in [-0.2, 0) is 0 Å². The number of benzene rings is 2. The van der Waals surface area contributed by atoms with Crippen molar-refractivity contribution in [3.05, 3.63) is 71.0 Å². The highest BCUT2D eigenvalue weighted by Gasteiger charge is 2.05. The van der Waals surface area contributed by atoms with E-state index in [4.69, 9.17) is 4.74 Å². The fraction of sp³-hybridized carbons (Fsp3) is 0.167. The average Bonchev–Trinajstić information content (AvgIpc) is 2.49. The fourth-order valence-electron chi connectivity index (χ4n) is 1.96. The van der Waals surface area contributed by atoms with Gasteiger partial charge in [-0.1, -0.05) is 18.2 Å². The minimum atomic E-state index is -0.308. The summed E-state index contributed by atoms with van der Waals surface area (Å²) in [5.74, 6) is 0.265. The van der Waals surface area contributed by atoms with Gasteiger partial charge in [0.2, 0.25) is 0 Å². The zero-order chi connectivity index (χ0) is 15.2. The quantitative estimate of drug-likeness (QED) is 0.599. The molecule has 21 heavy (non-hydrogen) atoms. The molecule has 0 unspecified atom stereocenters. The van der Waals surface area contributed by atoms with Crippen molar-refractivity contribution in [1.82, 2.24) is 0 Å². The Bertz CT molecular complexity index is 675. The van der Waals surface area contributed by atoms with Gasteiger partial charge in [-0.3, -0.25) is 4.79 Å². The lowest BCUT2D eigenvalue weighted by atomic mass is 10.1. The number of carbonyl (C=O) groups excluding carboxylic acids is 1. The highest BCUT2D eigenvalue weighted by molar-refractivity contribution is 6.07. The topological polar surface area (TPSA) is 26.3 Å². The number of para-hydroxylation sites is 1. The van der Waals surface area contributed by atoms with Gasteiger partial charge in [0.15, 0.2) is 5.78 Å². The second-order valence-electron chi connectivity index (χ2n) is 4.63. The van der Waals surface area contributed by atoms with Gasteiger partial charge in [0.25, 0.3) is 0 Å². The molecule has 2 aromatic rings. The molecular weight excluding hydrogens is 267 g/mol. The lowest BCUT2D eigenvalue weighted by Gasteiger charge is -2.06. The summed E-state index contributed by atoms with van der Waals surface area (Å²) in [5.41, 5.74) is 1.77. The largest absolute Gasteiger partial charge is 0.493 e. The van der Waals surface area contributed by atoms with Gasteiger partial charge in [-0.25, -0.2) is 4.39 Å². The van der Waals surface area contributed by atoms with Crippen LogP contribution in [0.15, 0.2) is 48.5 Å². The molecule has 0 saturated carbocycles. The maximum Gasteiger partial charge on any atom is 0.185 e. The van der Waals surface area contributed by atoms with Crippen molar-refractivity contribution in [3.8, 4) is 5.75 Å². The standard InChI is InChI=1S/C18H17FO2/c1-3-21-18-7-5-4-6-14(18)9-11-17(20)15-8-10-16(19)13(2)12-15/h4-12H,3H2,1-2H3/b11-9+. The highest BCUT2D eigenvalue weighted by Crippen LogP contribution is 2.20. The van der Waals surface area contributed by atoms with E-state index in [-0.39, 0.29) is 11.6 Å². The number of ketones is 1. The van der Waals surface area contributed by atoms with Crippen LogP contribution in [0, 0.1) is 12.7 Å². The molecule has 108 valence electrons. The van der Waals surface area contributed by atoms with Gasteiger partial charge >= 0.3 is 0 Å². The SMILES string of the molecule is CCOc1ccccc1/C=C/C(=O)c1ccc(F)c(C)c1. The van der Waals surface area contributed by atoms with Crippen molar-refractivity contribution in [2.45, 2.75) is 13.8 Å². The molecule has 2 aromatic carbocycles. The third-order valence-corrected chi connectivity index (χ3v) is 3.08. The molecule has 0 aliphatic heterocycles. The van der Waals surface area contributed by atoms with Gasteiger partial charge in [0.1, 0.15) is 11.6 Å². The molecule has 3 heteroatoms. The molecule has 0 spiro atoms. The number of hydrogen-bond acceptors (Lipinski definition) is 2. The summed E-state index contributed by atoms with van der Waals surface area (Å²) >= 11 is 0. The zero-order valence-corrected chi connectivity index (χ0v) is 12.1. The Balaban J connectivity index is 2.20. The van der Waals surface area contributed by atoms with Crippen LogP contribution in [0.1, 0.15) is 28.4 Å². The van der Waals surface area contributed by atoms with Crippen molar-refractivity contribution >= 4 is 11.9 Å². The summed E-state index contributed by atoms with van der Waals surface area (Å²) in [6.07, 6.45) is 3.19. The van der Waals surface area contributed by atoms with E-state index in [0.29, 0.717) is 17.7 Å². The van der Waals surface area contributed by atoms with E-state index in [9.17, 15) is 9.18 Å². The van der Waals surface area contributed by atoms with Gasteiger partial charge in [0, 0.05) is 11.1 Å². The Hall–Kier alpha value is -2.42. The van der Waals surface area contributed by atoms with Crippen molar-refractivity contribution in [1.29, 1.82) is 0 Å². The van der Waals surface area contributed by atoms with Crippen LogP contribution in [-0.4, -0.2) is 12.4 Å². The molecule has 0 aromatic heterocycles. The second kappa shape index (κ2) is 6.84. The molecule has 2 nitrogen and oxygen atoms in total. The van der Waals surface area contributed by atoms with E-state index >= 15 is 0 Å². The Morgan fingerprint density at radius 3 is 2.71 bits per heavy atom. The summed E-state index contributed by atoms with van der Waals surface area (Å²) < 4.78 is 18.7. The minimum absolute atomic E-state index is 0.163. The number of halogens is 1. The van der Waals surface area contributed by atoms with Crippen LogP contribution in [0.3, 0.4) is 0 Å². The van der Waals surface area contributed by atoms with Gasteiger partial charge < -0.3 is 4.74 Å². The fourth-order valence-corrected chi connectivity index (χ4v) is 1.96. The third-order valence-electron chi connectivity index (χ3n) is 3.08. The number of rotatable bonds is 5. The summed E-state index contributed by atoms with van der Waals surface area (Å²) in [4.78, 5) is 12.1. The summed E-state index contributed by atoms with van der Waals surface area (Å²) in [5, 5.41) is 0. The maximum atomic E-state index is 13.2. The Labute approximate surface area is 123 Å². The summed E-state index contributed by atoms with van der Waals surface area (Å²) in [6, 6.07) is 11.9. The molecule has 0 aliphatic rings. The van der Waals surface area contributed by atoms with E-state index in [2.05, 4.69) is 0 Å². The van der Waals surface area contributed by atoms with E-state index in [1.807, 2.05) is 31.2 Å². The van der Waals surface area contributed by atoms with Crippen molar-refractivity contribution in [2.75, 3.05) is 6.61 Å². The molecular formula is C18H17FO2. The van der Waals surface area contributed by atoms with E-state index < -0.39 is 0 Å². The molecule has 0 fully saturated rings. The van der Waals surface area contributed by atoms with Gasteiger partial charge in [-0.15, -0.1) is 0 Å². The first-order valence-electron chi connectivity index (χ1n) is 6.82. The minimum Gasteiger partial charge on any atom is -0.493 e. The van der Waals surface area contributed by atoms with Gasteiger partial charge in [0.05, 0.1) is 6.61 Å². The normalized spacial score (nSPS) is 10.8. The highest BCUT2D eigenvalue weighted by atomic mass is 19.1. The summed E-state index contributed by atoms with van der Waals surface area (Å²) in [7, 11) is 0. The second-order valence-corrected chi connectivity index (χ2v) is 4.63. The molecule has 0 saturated heterocycles. The van der Waals surface area contributed by atoms with Gasteiger partial charge in [-0.2, -0.15) is 0 Å². The van der Waals surface area contributed by atoms with Crippen molar-refractivity contribution in [3.63, 3.8) is 0 Å². The monoisotopic (exact) mass is 284 g/mol. The maximum absolute atomic E-state index is 13.2. The van der Waals surface area contributed by atoms with E-state index in [1.165, 1.54) is 18.2 Å². The van der Waals surface area contributed by atoms with Gasteiger partial charge in [-0.05, 0) is 55.8 Å². The number of carbonyl (C=O) groups is 1. The van der Waals surface area contributed by atoms with Crippen LogP contribution >= 0.6 is 0 Å². The number of ether oxygens (including phenoxy) is 1. The van der Waals surface area contributed by atoms with E-state index in [1.54, 1.807) is 19.1 Å². The first-order chi connectivity index (χ1) is 10.1. The van der Waals surface area contributed by atoms with Crippen molar-refractivity contribution < 1.29 is 13.9 Å². The first-order valence-corrected chi connectivity index (χ1v) is 6.82. The lowest BCUT2D eigenvalue weighted by molar-refractivity contribution is 0.104. The molecule has 0 amide bonds. The molecule has 0 bridgehead atoms. The summed E-state index contributed by atoms with van der Waals surface area (Å²) in [6.45, 7) is 4.11. The van der Waals surface area contributed by atoms with Crippen LogP contribution in [0.2, 0.25) is 0 Å². The molecule has 2 rings (SSSR count). The number of aryl methyl sites for hydroxylation is 1. The molecule has 0 N–H and O–H groups in total. The van der Waals surface area contributed by atoms with E-state index in [0.717, 1.165) is 11.3 Å². The Morgan fingerprint density at radius 1 is 1.24 bits per heavy atom. The van der Waals surface area contributed by atoms with Crippen molar-refractivity contribution in [2.24, 2.45) is 0 Å². The van der Waals surface area contributed by atoms with Crippen LogP contribution < -0.4 is 4.74 Å². The smallest absolute Gasteiger partial charge is 0.185 e. The first kappa shape index (κ1) is 15.0. The predicted molar refractivity (Wildman–Crippen MR) is 82.1 cm³/mol. The Kier molecular flexibility index (Phi) is 4.88. The predicted octanol–water partition coefficient (Wildman–Crippen LogP) is 4.43. The number of hydrogen-bond donors (Lipinski definition) is 0. The molecule has 0 aliphatic carbocycles. The molecule has 0 heterocycles. The zero-order valence-electron chi connectivity index (χ0n) is 12.1. The van der Waals surface area contributed by atoms with Crippen LogP contribution in [0.4, 0.5) is 4.39 Å². The lowest BCUT2D eigenvalue weighted by Crippen LogP contribution is -1.97. The average molecular weight is 284 g/mol. The number of allylic oxidation sites excluding steroid dienone is 1. The van der Waals surface area contributed by atoms with Crippen LogP contribution in [0.25, 0.3) is 6.08 Å².